The Balaban J connectivity index is 3.44. The van der Waals surface area contributed by atoms with E-state index in [-0.39, 0.29) is 18.9 Å². The molecule has 398 valence electrons. The van der Waals surface area contributed by atoms with E-state index in [9.17, 15) is 20.1 Å². The van der Waals surface area contributed by atoms with E-state index in [4.69, 9.17) is 0 Å². The Morgan fingerprint density at radius 1 is 0.373 bits per heavy atom. The molecule has 0 spiro atoms. The predicted molar refractivity (Wildman–Crippen MR) is 296 cm³/mol. The number of hydrogen-bond acceptors (Lipinski definition) is 4. The van der Waals surface area contributed by atoms with Crippen LogP contribution in [0.4, 0.5) is 0 Å². The monoisotopic (exact) mass is 944 g/mol. The van der Waals surface area contributed by atoms with Gasteiger partial charge in [0, 0.05) is 0 Å². The second-order valence-electron chi connectivity index (χ2n) is 21.3. The maximum Gasteiger partial charge on any atom is 0.222 e. The molecule has 0 heterocycles. The van der Waals surface area contributed by atoms with E-state index in [2.05, 4.69) is 31.3 Å². The Kier molecular flexibility index (Phi) is 56.4. The van der Waals surface area contributed by atoms with Crippen molar-refractivity contribution in [2.24, 2.45) is 0 Å². The van der Waals surface area contributed by atoms with Crippen LogP contribution in [0.25, 0.3) is 0 Å². The first-order valence-electron chi connectivity index (χ1n) is 30.6. The highest BCUT2D eigenvalue weighted by Gasteiger charge is 2.20. The lowest BCUT2D eigenvalue weighted by Gasteiger charge is -2.21. The predicted octanol–water partition coefficient (Wildman–Crippen LogP) is 19.2. The maximum absolute atomic E-state index is 12.5. The van der Waals surface area contributed by atoms with Crippen molar-refractivity contribution in [2.45, 2.75) is 360 Å². The van der Waals surface area contributed by atoms with Gasteiger partial charge in [-0.2, -0.15) is 0 Å². The highest BCUT2D eigenvalue weighted by molar-refractivity contribution is 5.76. The smallest absolute Gasteiger partial charge is 0.222 e. The number of aliphatic hydroxyl groups excluding tert-OH is 3. The third-order valence-corrected chi connectivity index (χ3v) is 14.5. The van der Waals surface area contributed by atoms with Crippen molar-refractivity contribution in [2.75, 3.05) is 6.61 Å². The average Bonchev–Trinajstić information content (AvgIpc) is 3.32. The summed E-state index contributed by atoms with van der Waals surface area (Å²) in [5.41, 5.74) is 0. The summed E-state index contributed by atoms with van der Waals surface area (Å²) in [6, 6.07) is -0.759. The molecule has 0 aliphatic heterocycles. The molecular weight excluding hydrogens is 823 g/mol. The summed E-state index contributed by atoms with van der Waals surface area (Å²) < 4.78 is 0. The molecule has 3 atom stereocenters. The van der Waals surface area contributed by atoms with E-state index >= 15 is 0 Å². The Bertz CT molecular complexity index is 998. The van der Waals surface area contributed by atoms with Gasteiger partial charge in [0.1, 0.15) is 0 Å². The number of aliphatic hydroxyl groups is 3. The van der Waals surface area contributed by atoms with E-state index in [1.54, 1.807) is 6.08 Å². The fraction of sp³-hybridized carbons (Fsp3) is 0.919. The summed E-state index contributed by atoms with van der Waals surface area (Å²) in [5.74, 6) is -0.319. The van der Waals surface area contributed by atoms with Crippen LogP contribution in [-0.2, 0) is 4.79 Å². The molecule has 1 amide bonds. The summed E-state index contributed by atoms with van der Waals surface area (Å²) in [7, 11) is 0. The average molecular weight is 945 g/mol. The van der Waals surface area contributed by atoms with Crippen LogP contribution in [0.2, 0.25) is 0 Å². The van der Waals surface area contributed by atoms with E-state index < -0.39 is 18.2 Å². The number of unbranched alkanes of at least 4 members (excludes halogenated alkanes) is 46. The van der Waals surface area contributed by atoms with Crippen LogP contribution >= 0.6 is 0 Å². The van der Waals surface area contributed by atoms with Crippen LogP contribution in [0, 0.1) is 0 Å². The minimum absolute atomic E-state index is 0.0103. The molecule has 0 saturated carbocycles. The van der Waals surface area contributed by atoms with Crippen LogP contribution in [0.1, 0.15) is 341 Å². The standard InChI is InChI=1S/C62H121NO4/c1-3-5-7-9-11-13-15-17-19-20-21-22-23-24-25-26-27-28-29-30-31-32-33-34-35-36-37-38-39-40-42-43-45-47-49-51-53-55-59(65)57-62(67)63-60(58-64)61(66)56-54-52-50-48-46-44-41-18-16-14-12-10-8-6-4-2/h46,48,54,56,59-61,64-66H,3-45,47,49-53,55,57-58H2,1-2H3,(H,63,67)/b48-46+,56-54+. The van der Waals surface area contributed by atoms with Gasteiger partial charge < -0.3 is 20.6 Å². The van der Waals surface area contributed by atoms with E-state index in [1.165, 1.54) is 283 Å². The molecule has 0 aliphatic carbocycles. The molecule has 0 rings (SSSR count). The molecule has 0 radical (unpaired) electrons. The number of hydrogen-bond donors (Lipinski definition) is 4. The van der Waals surface area contributed by atoms with E-state index in [0.717, 1.165) is 32.1 Å². The van der Waals surface area contributed by atoms with Crippen LogP contribution in [0.5, 0.6) is 0 Å². The summed E-state index contributed by atoms with van der Waals surface area (Å²) in [6.07, 6.45) is 74.1. The van der Waals surface area contributed by atoms with Gasteiger partial charge in [0.2, 0.25) is 5.91 Å². The summed E-state index contributed by atoms with van der Waals surface area (Å²) in [5, 5.41) is 33.4. The van der Waals surface area contributed by atoms with Crippen molar-refractivity contribution < 1.29 is 20.1 Å². The molecule has 0 saturated heterocycles. The molecular formula is C62H121NO4. The van der Waals surface area contributed by atoms with Gasteiger partial charge in [-0.25, -0.2) is 0 Å². The lowest BCUT2D eigenvalue weighted by Crippen LogP contribution is -2.45. The van der Waals surface area contributed by atoms with Crippen molar-refractivity contribution in [3.8, 4) is 0 Å². The quantitative estimate of drug-likeness (QED) is 0.0361. The van der Waals surface area contributed by atoms with Crippen LogP contribution in [0.3, 0.4) is 0 Å². The Hall–Kier alpha value is -1.17. The fourth-order valence-electron chi connectivity index (χ4n) is 9.83. The summed E-state index contributed by atoms with van der Waals surface area (Å²) >= 11 is 0. The minimum atomic E-state index is -0.949. The number of carbonyl (C=O) groups excluding carboxylic acids is 1. The van der Waals surface area contributed by atoms with Crippen molar-refractivity contribution >= 4 is 5.91 Å². The topological polar surface area (TPSA) is 89.8 Å². The van der Waals surface area contributed by atoms with Gasteiger partial charge in [0.05, 0.1) is 31.3 Å². The van der Waals surface area contributed by atoms with Gasteiger partial charge in [0.25, 0.3) is 0 Å². The van der Waals surface area contributed by atoms with Gasteiger partial charge in [-0.05, 0) is 32.1 Å². The molecule has 0 bridgehead atoms. The molecule has 0 fully saturated rings. The minimum Gasteiger partial charge on any atom is -0.394 e. The first-order valence-corrected chi connectivity index (χ1v) is 30.6. The zero-order chi connectivity index (χ0) is 48.6. The Labute approximate surface area is 420 Å². The molecule has 0 aliphatic rings. The first-order chi connectivity index (χ1) is 33.0. The van der Waals surface area contributed by atoms with Crippen molar-refractivity contribution in [1.29, 1.82) is 0 Å². The lowest BCUT2D eigenvalue weighted by atomic mass is 10.0. The van der Waals surface area contributed by atoms with Gasteiger partial charge >= 0.3 is 0 Å². The van der Waals surface area contributed by atoms with Gasteiger partial charge in [-0.15, -0.1) is 0 Å². The molecule has 0 aromatic carbocycles. The van der Waals surface area contributed by atoms with Crippen LogP contribution in [0.15, 0.2) is 24.3 Å². The second-order valence-corrected chi connectivity index (χ2v) is 21.3. The van der Waals surface area contributed by atoms with Gasteiger partial charge in [0.15, 0.2) is 0 Å². The molecule has 5 heteroatoms. The lowest BCUT2D eigenvalue weighted by molar-refractivity contribution is -0.124. The SMILES string of the molecule is CCCCCCCCCCC/C=C/CC/C=C/C(O)C(CO)NC(=O)CC(O)CCCCCCCCCCCCCCCCCCCCCCCCCCCCCCCCCCCCCCC. The second kappa shape index (κ2) is 57.4. The normalized spacial score (nSPS) is 13.3. The highest BCUT2D eigenvalue weighted by atomic mass is 16.3. The summed E-state index contributed by atoms with van der Waals surface area (Å²) in [4.78, 5) is 12.5. The van der Waals surface area contributed by atoms with Gasteiger partial charge in [-0.1, -0.05) is 327 Å². The largest absolute Gasteiger partial charge is 0.394 e. The van der Waals surface area contributed by atoms with Crippen molar-refractivity contribution in [3.05, 3.63) is 24.3 Å². The number of carbonyl (C=O) groups is 1. The zero-order valence-corrected chi connectivity index (χ0v) is 45.6. The molecule has 67 heavy (non-hydrogen) atoms. The molecule has 0 aromatic rings. The number of allylic oxidation sites excluding steroid dienone is 3. The van der Waals surface area contributed by atoms with Crippen LogP contribution < -0.4 is 5.32 Å². The Morgan fingerprint density at radius 3 is 0.955 bits per heavy atom. The molecule has 0 aromatic heterocycles. The summed E-state index contributed by atoms with van der Waals surface area (Å²) in [6.45, 7) is 4.23. The van der Waals surface area contributed by atoms with Crippen molar-refractivity contribution in [3.63, 3.8) is 0 Å². The number of nitrogens with one attached hydrogen (secondary N) is 1. The third kappa shape index (κ3) is 54.0. The number of rotatable bonds is 57. The van der Waals surface area contributed by atoms with E-state index in [1.807, 2.05) is 6.08 Å². The zero-order valence-electron chi connectivity index (χ0n) is 45.6. The maximum atomic E-state index is 12.5. The first kappa shape index (κ1) is 65.8. The van der Waals surface area contributed by atoms with Crippen LogP contribution in [-0.4, -0.2) is 46.1 Å². The van der Waals surface area contributed by atoms with Gasteiger partial charge in [-0.3, -0.25) is 4.79 Å². The van der Waals surface area contributed by atoms with Crippen molar-refractivity contribution in [1.82, 2.24) is 5.32 Å². The Morgan fingerprint density at radius 2 is 0.642 bits per heavy atom. The fourth-order valence-corrected chi connectivity index (χ4v) is 9.83. The van der Waals surface area contributed by atoms with E-state index in [0.29, 0.717) is 6.42 Å². The highest BCUT2D eigenvalue weighted by Crippen LogP contribution is 2.18. The molecule has 5 nitrogen and oxygen atoms in total. The third-order valence-electron chi connectivity index (χ3n) is 14.5. The molecule has 3 unspecified atom stereocenters. The number of amides is 1. The molecule has 4 N–H and O–H groups in total.